The summed E-state index contributed by atoms with van der Waals surface area (Å²) >= 11 is 0. The van der Waals surface area contributed by atoms with Gasteiger partial charge in [0.2, 0.25) is 5.75 Å². The standard InChI is InChI=1S/C27H25NO4/c1-30-25-15-21(16-26(31-2)27(25)32-3)24(29)14-13-20-18-28(17-19-9-5-4-6-10-19)23-12-8-7-11-22(20)23/h4-16,18H,17H2,1-3H3. The summed E-state index contributed by atoms with van der Waals surface area (Å²) in [6.45, 7) is 0.760. The molecule has 0 saturated carbocycles. The molecular weight excluding hydrogens is 402 g/mol. The van der Waals surface area contributed by atoms with Crippen molar-refractivity contribution in [1.82, 2.24) is 4.57 Å². The monoisotopic (exact) mass is 427 g/mol. The van der Waals surface area contributed by atoms with Gasteiger partial charge in [-0.15, -0.1) is 0 Å². The van der Waals surface area contributed by atoms with Crippen LogP contribution >= 0.6 is 0 Å². The predicted octanol–water partition coefficient (Wildman–Crippen LogP) is 5.61. The van der Waals surface area contributed by atoms with E-state index in [0.717, 1.165) is 23.0 Å². The van der Waals surface area contributed by atoms with Crippen LogP contribution in [0.15, 0.2) is 79.0 Å². The molecule has 0 aliphatic heterocycles. The molecule has 0 aliphatic carbocycles. The van der Waals surface area contributed by atoms with Gasteiger partial charge in [-0.1, -0.05) is 48.5 Å². The third kappa shape index (κ3) is 4.23. The minimum Gasteiger partial charge on any atom is -0.493 e. The largest absolute Gasteiger partial charge is 0.493 e. The molecule has 0 spiro atoms. The Bertz CT molecular complexity index is 1250. The van der Waals surface area contributed by atoms with Gasteiger partial charge in [0, 0.05) is 34.8 Å². The molecule has 32 heavy (non-hydrogen) atoms. The third-order valence-corrected chi connectivity index (χ3v) is 5.38. The Morgan fingerprint density at radius 3 is 2.19 bits per heavy atom. The van der Waals surface area contributed by atoms with Crippen molar-refractivity contribution in [3.63, 3.8) is 0 Å². The third-order valence-electron chi connectivity index (χ3n) is 5.38. The summed E-state index contributed by atoms with van der Waals surface area (Å²) in [6.07, 6.45) is 5.52. The van der Waals surface area contributed by atoms with Gasteiger partial charge in [-0.05, 0) is 35.9 Å². The van der Waals surface area contributed by atoms with Crippen molar-refractivity contribution in [2.45, 2.75) is 6.54 Å². The van der Waals surface area contributed by atoms with Crippen molar-refractivity contribution in [3.05, 3.63) is 95.7 Å². The number of fused-ring (bicyclic) bond motifs is 1. The fraction of sp³-hybridized carbons (Fsp3) is 0.148. The molecule has 5 heteroatoms. The van der Waals surface area contributed by atoms with Crippen molar-refractivity contribution in [2.75, 3.05) is 21.3 Å². The Morgan fingerprint density at radius 1 is 0.875 bits per heavy atom. The van der Waals surface area contributed by atoms with Gasteiger partial charge in [0.05, 0.1) is 21.3 Å². The Kier molecular flexibility index (Phi) is 6.26. The summed E-state index contributed by atoms with van der Waals surface area (Å²) in [5, 5.41) is 1.09. The second-order valence-electron chi connectivity index (χ2n) is 7.33. The van der Waals surface area contributed by atoms with Gasteiger partial charge in [-0.25, -0.2) is 0 Å². The molecule has 4 aromatic rings. The van der Waals surface area contributed by atoms with Crippen LogP contribution in [0.3, 0.4) is 0 Å². The Labute approximate surface area is 187 Å². The van der Waals surface area contributed by atoms with Crippen molar-refractivity contribution in [2.24, 2.45) is 0 Å². The molecule has 0 N–H and O–H groups in total. The van der Waals surface area contributed by atoms with Crippen molar-refractivity contribution in [3.8, 4) is 17.2 Å². The van der Waals surface area contributed by atoms with E-state index in [1.165, 1.54) is 26.9 Å². The molecule has 1 aromatic heterocycles. The highest BCUT2D eigenvalue weighted by atomic mass is 16.5. The van der Waals surface area contributed by atoms with E-state index in [0.29, 0.717) is 22.8 Å². The van der Waals surface area contributed by atoms with Crippen LogP contribution in [0.4, 0.5) is 0 Å². The number of carbonyl (C=O) groups is 1. The minimum atomic E-state index is -0.149. The quantitative estimate of drug-likeness (QED) is 0.271. The summed E-state index contributed by atoms with van der Waals surface area (Å²) in [5.74, 6) is 1.20. The van der Waals surface area contributed by atoms with Crippen LogP contribution in [0.5, 0.6) is 17.2 Å². The number of benzene rings is 3. The van der Waals surface area contributed by atoms with E-state index in [2.05, 4.69) is 35.0 Å². The first kappa shape index (κ1) is 21.2. The first-order valence-electron chi connectivity index (χ1n) is 10.3. The van der Waals surface area contributed by atoms with Crippen LogP contribution in [0, 0.1) is 0 Å². The van der Waals surface area contributed by atoms with Crippen LogP contribution in [0.2, 0.25) is 0 Å². The van der Waals surface area contributed by atoms with E-state index < -0.39 is 0 Å². The maximum atomic E-state index is 12.9. The maximum Gasteiger partial charge on any atom is 0.203 e. The highest BCUT2D eigenvalue weighted by Crippen LogP contribution is 2.38. The Morgan fingerprint density at radius 2 is 1.53 bits per heavy atom. The number of hydrogen-bond acceptors (Lipinski definition) is 4. The number of ketones is 1. The maximum absolute atomic E-state index is 12.9. The molecule has 0 aliphatic rings. The van der Waals surface area contributed by atoms with Crippen LogP contribution in [-0.2, 0) is 6.54 Å². The van der Waals surface area contributed by atoms with Crippen molar-refractivity contribution in [1.29, 1.82) is 0 Å². The van der Waals surface area contributed by atoms with E-state index in [-0.39, 0.29) is 5.78 Å². The first-order valence-corrected chi connectivity index (χ1v) is 10.3. The van der Waals surface area contributed by atoms with Crippen molar-refractivity contribution >= 4 is 22.8 Å². The fourth-order valence-corrected chi connectivity index (χ4v) is 3.80. The first-order chi connectivity index (χ1) is 15.6. The van der Waals surface area contributed by atoms with E-state index in [4.69, 9.17) is 14.2 Å². The molecular formula is C27H25NO4. The number of allylic oxidation sites excluding steroid dienone is 1. The minimum absolute atomic E-state index is 0.149. The molecule has 0 amide bonds. The zero-order valence-electron chi connectivity index (χ0n) is 18.4. The normalized spacial score (nSPS) is 11.1. The smallest absolute Gasteiger partial charge is 0.203 e. The summed E-state index contributed by atoms with van der Waals surface area (Å²) in [5.41, 5.74) is 3.79. The molecule has 0 atom stereocenters. The highest BCUT2D eigenvalue weighted by Gasteiger charge is 2.16. The number of carbonyl (C=O) groups excluding carboxylic acids is 1. The second-order valence-corrected chi connectivity index (χ2v) is 7.33. The van der Waals surface area contributed by atoms with Crippen LogP contribution in [0.25, 0.3) is 17.0 Å². The van der Waals surface area contributed by atoms with Gasteiger partial charge in [0.1, 0.15) is 0 Å². The fourth-order valence-electron chi connectivity index (χ4n) is 3.80. The molecule has 4 rings (SSSR count). The van der Waals surface area contributed by atoms with Gasteiger partial charge >= 0.3 is 0 Å². The molecule has 0 saturated heterocycles. The number of para-hydroxylation sites is 1. The lowest BCUT2D eigenvalue weighted by atomic mass is 10.1. The van der Waals surface area contributed by atoms with Crippen molar-refractivity contribution < 1.29 is 19.0 Å². The predicted molar refractivity (Wildman–Crippen MR) is 127 cm³/mol. The number of hydrogen-bond donors (Lipinski definition) is 0. The van der Waals surface area contributed by atoms with Gasteiger partial charge < -0.3 is 18.8 Å². The Hall–Kier alpha value is -3.99. The number of aromatic nitrogens is 1. The lowest BCUT2D eigenvalue weighted by molar-refractivity contribution is 0.104. The number of nitrogens with zero attached hydrogens (tertiary/aromatic N) is 1. The lowest BCUT2D eigenvalue weighted by Crippen LogP contribution is -2.00. The molecule has 5 nitrogen and oxygen atoms in total. The number of rotatable bonds is 8. The summed E-state index contributed by atoms with van der Waals surface area (Å²) in [4.78, 5) is 12.9. The van der Waals surface area contributed by atoms with Crippen LogP contribution < -0.4 is 14.2 Å². The molecule has 0 radical (unpaired) electrons. The van der Waals surface area contributed by atoms with E-state index in [1.807, 2.05) is 36.4 Å². The average molecular weight is 428 g/mol. The highest BCUT2D eigenvalue weighted by molar-refractivity contribution is 6.08. The van der Waals surface area contributed by atoms with E-state index in [1.54, 1.807) is 18.2 Å². The average Bonchev–Trinajstić information content (AvgIpc) is 3.19. The van der Waals surface area contributed by atoms with Gasteiger partial charge in [-0.2, -0.15) is 0 Å². The molecule has 0 fully saturated rings. The zero-order chi connectivity index (χ0) is 22.5. The topological polar surface area (TPSA) is 49.7 Å². The second kappa shape index (κ2) is 9.43. The number of ether oxygens (including phenoxy) is 3. The van der Waals surface area contributed by atoms with Gasteiger partial charge in [0.15, 0.2) is 17.3 Å². The van der Waals surface area contributed by atoms with Crippen LogP contribution in [-0.4, -0.2) is 31.7 Å². The molecule has 1 heterocycles. The SMILES string of the molecule is COc1cc(C(=O)C=Cc2cn(Cc3ccccc3)c3ccccc23)cc(OC)c1OC. The zero-order valence-corrected chi connectivity index (χ0v) is 18.4. The lowest BCUT2D eigenvalue weighted by Gasteiger charge is -2.13. The summed E-state index contributed by atoms with van der Waals surface area (Å²) < 4.78 is 18.3. The summed E-state index contributed by atoms with van der Waals surface area (Å²) in [6, 6.07) is 21.8. The number of methoxy groups -OCH3 is 3. The molecule has 0 unspecified atom stereocenters. The molecule has 0 bridgehead atoms. The van der Waals surface area contributed by atoms with E-state index in [9.17, 15) is 4.79 Å². The summed E-state index contributed by atoms with van der Waals surface area (Å²) in [7, 11) is 4.60. The van der Waals surface area contributed by atoms with Crippen LogP contribution in [0.1, 0.15) is 21.5 Å². The Balaban J connectivity index is 1.66. The molecule has 3 aromatic carbocycles. The van der Waals surface area contributed by atoms with Gasteiger partial charge in [-0.3, -0.25) is 4.79 Å². The molecule has 162 valence electrons. The van der Waals surface area contributed by atoms with Gasteiger partial charge in [0.25, 0.3) is 0 Å². The van der Waals surface area contributed by atoms with E-state index >= 15 is 0 Å².